The standard InChI is InChI=1S/C57H55BN4/c1-34-17-16-18-35(2)51(34)54-59-45-31-38(57(9,10)11)30-44-53(45)62(54)50-33-40(61-46-21-14-12-19-41(46)42-20-13-15-22-47(42)61)32-49-52(50)58(44)43-29-37(56(6,7)8)25-28-48(43)60(49)39-26-23-36(24-27-39)55(3,4)5/h12-33H,1-11H3. The van der Waals surface area contributed by atoms with E-state index in [2.05, 4.69) is 224 Å². The van der Waals surface area contributed by atoms with Gasteiger partial charge in [0.1, 0.15) is 5.82 Å². The van der Waals surface area contributed by atoms with Crippen LogP contribution in [0.1, 0.15) is 90.1 Å². The van der Waals surface area contributed by atoms with Crippen LogP contribution >= 0.6 is 0 Å². The Kier molecular flexibility index (Phi) is 8.15. The Bertz CT molecular complexity index is 3250. The van der Waals surface area contributed by atoms with Crippen molar-refractivity contribution in [3.8, 4) is 22.8 Å². The molecule has 7 aromatic carbocycles. The quantitative estimate of drug-likeness (QED) is 0.166. The van der Waals surface area contributed by atoms with Crippen LogP contribution in [0.5, 0.6) is 0 Å². The van der Waals surface area contributed by atoms with E-state index in [0.29, 0.717) is 0 Å². The lowest BCUT2D eigenvalue weighted by Gasteiger charge is -2.41. The van der Waals surface area contributed by atoms with E-state index in [4.69, 9.17) is 4.98 Å². The van der Waals surface area contributed by atoms with Gasteiger partial charge in [-0.2, -0.15) is 0 Å². The third kappa shape index (κ3) is 5.63. The second kappa shape index (κ2) is 13.1. The Labute approximate surface area is 366 Å². The summed E-state index contributed by atoms with van der Waals surface area (Å²) in [7, 11) is 0. The molecule has 0 fully saturated rings. The predicted octanol–water partition coefficient (Wildman–Crippen LogP) is 12.9. The lowest BCUT2D eigenvalue weighted by molar-refractivity contribution is 0.590. The molecule has 0 unspecified atom stereocenters. The number of fused-ring (bicyclic) bond motifs is 7. The van der Waals surface area contributed by atoms with Crippen molar-refractivity contribution >= 4 is 73.0 Å². The van der Waals surface area contributed by atoms with Crippen molar-refractivity contribution in [2.75, 3.05) is 4.90 Å². The minimum absolute atomic E-state index is 0.0191. The summed E-state index contributed by atoms with van der Waals surface area (Å²) in [6, 6.07) is 50.9. The molecule has 11 rings (SSSR count). The molecular weight excluding hydrogens is 751 g/mol. The molecule has 2 aliphatic heterocycles. The molecule has 0 aliphatic carbocycles. The molecule has 62 heavy (non-hydrogen) atoms. The number of aromatic nitrogens is 3. The van der Waals surface area contributed by atoms with E-state index in [0.717, 1.165) is 22.7 Å². The van der Waals surface area contributed by atoms with E-state index in [9.17, 15) is 0 Å². The highest BCUT2D eigenvalue weighted by molar-refractivity contribution is 7.00. The first-order valence-electron chi connectivity index (χ1n) is 22.3. The molecule has 0 radical (unpaired) electrons. The number of imidazole rings is 1. The van der Waals surface area contributed by atoms with Crippen molar-refractivity contribution in [3.05, 3.63) is 161 Å². The molecule has 4 nitrogen and oxygen atoms in total. The minimum atomic E-state index is -0.0810. The topological polar surface area (TPSA) is 26.0 Å². The van der Waals surface area contributed by atoms with Crippen LogP contribution in [0.15, 0.2) is 133 Å². The zero-order chi connectivity index (χ0) is 43.2. The largest absolute Gasteiger partial charge is 0.311 e. The highest BCUT2D eigenvalue weighted by atomic mass is 15.2. The first kappa shape index (κ1) is 38.6. The summed E-state index contributed by atoms with van der Waals surface area (Å²) in [4.78, 5) is 8.29. The maximum Gasteiger partial charge on any atom is 0.252 e. The van der Waals surface area contributed by atoms with Crippen molar-refractivity contribution in [3.63, 3.8) is 0 Å². The van der Waals surface area contributed by atoms with Crippen molar-refractivity contribution in [2.45, 2.75) is 92.4 Å². The summed E-state index contributed by atoms with van der Waals surface area (Å²) in [5, 5.41) is 2.51. The molecule has 0 N–H and O–H groups in total. The summed E-state index contributed by atoms with van der Waals surface area (Å²) in [5.74, 6) is 0.998. The van der Waals surface area contributed by atoms with Gasteiger partial charge in [-0.25, -0.2) is 4.98 Å². The molecule has 9 aromatic rings. The van der Waals surface area contributed by atoms with Gasteiger partial charge in [-0.1, -0.05) is 147 Å². The monoisotopic (exact) mass is 806 g/mol. The molecule has 2 aromatic heterocycles. The highest BCUT2D eigenvalue weighted by Crippen LogP contribution is 2.45. The van der Waals surface area contributed by atoms with E-state index in [-0.39, 0.29) is 23.0 Å². The Morgan fingerprint density at radius 1 is 0.468 bits per heavy atom. The normalized spacial score (nSPS) is 13.7. The van der Waals surface area contributed by atoms with E-state index < -0.39 is 0 Å². The second-order valence-corrected chi connectivity index (χ2v) is 21.1. The zero-order valence-electron chi connectivity index (χ0n) is 38.1. The third-order valence-corrected chi connectivity index (χ3v) is 13.8. The molecule has 0 saturated carbocycles. The summed E-state index contributed by atoms with van der Waals surface area (Å²) in [6.45, 7) is 25.4. The molecule has 0 atom stereocenters. The first-order valence-corrected chi connectivity index (χ1v) is 22.3. The molecule has 2 aliphatic rings. The van der Waals surface area contributed by atoms with Gasteiger partial charge in [0.2, 0.25) is 0 Å². The molecule has 0 bridgehead atoms. The Morgan fingerprint density at radius 2 is 1.03 bits per heavy atom. The van der Waals surface area contributed by atoms with Crippen LogP contribution in [0.2, 0.25) is 0 Å². The average Bonchev–Trinajstić information content (AvgIpc) is 3.77. The summed E-state index contributed by atoms with van der Waals surface area (Å²) in [6.07, 6.45) is 0. The minimum Gasteiger partial charge on any atom is -0.311 e. The van der Waals surface area contributed by atoms with Gasteiger partial charge in [-0.05, 0) is 123 Å². The second-order valence-electron chi connectivity index (χ2n) is 21.1. The number of aryl methyl sites for hydroxylation is 2. The highest BCUT2D eigenvalue weighted by Gasteiger charge is 2.44. The van der Waals surface area contributed by atoms with Crippen molar-refractivity contribution in [1.29, 1.82) is 0 Å². The van der Waals surface area contributed by atoms with Gasteiger partial charge in [0.25, 0.3) is 6.71 Å². The molecule has 4 heterocycles. The van der Waals surface area contributed by atoms with Gasteiger partial charge in [0, 0.05) is 39.1 Å². The molecule has 5 heteroatoms. The molecule has 0 amide bonds. The smallest absolute Gasteiger partial charge is 0.252 e. The van der Waals surface area contributed by atoms with E-state index in [1.54, 1.807) is 0 Å². The Balaban J connectivity index is 1.34. The number of rotatable bonds is 3. The van der Waals surface area contributed by atoms with Crippen LogP contribution < -0.4 is 21.3 Å². The number of anilines is 3. The fourth-order valence-corrected chi connectivity index (χ4v) is 10.5. The molecule has 306 valence electrons. The van der Waals surface area contributed by atoms with E-state index >= 15 is 0 Å². The van der Waals surface area contributed by atoms with Crippen LogP contribution in [0.25, 0.3) is 55.6 Å². The summed E-state index contributed by atoms with van der Waals surface area (Å²) in [5.41, 5.74) is 22.0. The maximum atomic E-state index is 5.73. The summed E-state index contributed by atoms with van der Waals surface area (Å²) >= 11 is 0. The number of hydrogen-bond donors (Lipinski definition) is 0. The van der Waals surface area contributed by atoms with Gasteiger partial charge in [0.05, 0.1) is 27.8 Å². The molecular formula is C57H55BN4. The predicted molar refractivity (Wildman–Crippen MR) is 266 cm³/mol. The van der Waals surface area contributed by atoms with Crippen molar-refractivity contribution in [1.82, 2.24) is 14.1 Å². The van der Waals surface area contributed by atoms with Crippen molar-refractivity contribution in [2.24, 2.45) is 0 Å². The van der Waals surface area contributed by atoms with Crippen LogP contribution in [0.4, 0.5) is 17.1 Å². The van der Waals surface area contributed by atoms with Gasteiger partial charge in [-0.3, -0.25) is 4.57 Å². The molecule has 0 saturated heterocycles. The number of nitrogens with zero attached hydrogens (tertiary/aromatic N) is 4. The van der Waals surface area contributed by atoms with Gasteiger partial charge in [0.15, 0.2) is 0 Å². The number of hydrogen-bond acceptors (Lipinski definition) is 2. The Hall–Kier alpha value is -6.33. The summed E-state index contributed by atoms with van der Waals surface area (Å²) < 4.78 is 5.03. The van der Waals surface area contributed by atoms with Crippen LogP contribution in [-0.4, -0.2) is 20.8 Å². The third-order valence-electron chi connectivity index (χ3n) is 13.8. The van der Waals surface area contributed by atoms with Gasteiger partial charge < -0.3 is 9.47 Å². The van der Waals surface area contributed by atoms with Crippen LogP contribution in [0.3, 0.4) is 0 Å². The van der Waals surface area contributed by atoms with E-state index in [1.165, 1.54) is 94.2 Å². The van der Waals surface area contributed by atoms with Crippen LogP contribution in [0, 0.1) is 13.8 Å². The SMILES string of the molecule is Cc1cccc(C)c1-c1nc2cc(C(C)(C)C)cc3c2n1-c1cc(-n2c4ccccc4c4ccccc42)cc2c1B3c1cc(C(C)(C)C)ccc1N2c1ccc(C(C)(C)C)cc1. The maximum absolute atomic E-state index is 5.73. The lowest BCUT2D eigenvalue weighted by Crippen LogP contribution is -2.61. The molecule has 0 spiro atoms. The average molecular weight is 807 g/mol. The van der Waals surface area contributed by atoms with Crippen molar-refractivity contribution < 1.29 is 0 Å². The Morgan fingerprint density at radius 3 is 1.65 bits per heavy atom. The van der Waals surface area contributed by atoms with Crippen LogP contribution in [-0.2, 0) is 16.2 Å². The van der Waals surface area contributed by atoms with Gasteiger partial charge in [-0.15, -0.1) is 0 Å². The number of para-hydroxylation sites is 2. The lowest BCUT2D eigenvalue weighted by atomic mass is 9.33. The van der Waals surface area contributed by atoms with E-state index in [1.807, 2.05) is 0 Å². The fraction of sp³-hybridized carbons (Fsp3) is 0.246. The van der Waals surface area contributed by atoms with Gasteiger partial charge >= 0.3 is 0 Å². The first-order chi connectivity index (χ1) is 29.5. The fourth-order valence-electron chi connectivity index (χ4n) is 10.5. The number of benzene rings is 7. The zero-order valence-corrected chi connectivity index (χ0v) is 38.1.